The molecular formula is C13H17ClN2O3. The monoisotopic (exact) mass is 284 g/mol. The maximum absolute atomic E-state index is 11.7. The van der Waals surface area contributed by atoms with Crippen LogP contribution in [0.3, 0.4) is 0 Å². The lowest BCUT2D eigenvalue weighted by Gasteiger charge is -2.13. The Hall–Kier alpha value is -1.75. The number of carbonyl (C=O) groups excluding carboxylic acids is 2. The normalized spacial score (nSPS) is 11.6. The van der Waals surface area contributed by atoms with Gasteiger partial charge in [-0.05, 0) is 12.1 Å². The first-order valence-corrected chi connectivity index (χ1v) is 6.33. The molecule has 1 atom stereocenters. The zero-order valence-electron chi connectivity index (χ0n) is 11.1. The van der Waals surface area contributed by atoms with Crippen molar-refractivity contribution in [1.82, 2.24) is 0 Å². The van der Waals surface area contributed by atoms with Gasteiger partial charge in [0.15, 0.2) is 0 Å². The third-order valence-electron chi connectivity index (χ3n) is 2.46. The minimum atomic E-state index is -0.275. The molecular weight excluding hydrogens is 268 g/mol. The minimum Gasteiger partial charge on any atom is -0.494 e. The van der Waals surface area contributed by atoms with Crippen molar-refractivity contribution < 1.29 is 14.3 Å². The Morgan fingerprint density at radius 1 is 1.37 bits per heavy atom. The van der Waals surface area contributed by atoms with Gasteiger partial charge in [-0.15, -0.1) is 11.6 Å². The predicted octanol–water partition coefficient (Wildman–Crippen LogP) is 2.47. The molecule has 1 rings (SSSR count). The number of hydrogen-bond acceptors (Lipinski definition) is 3. The molecule has 0 saturated heterocycles. The fourth-order valence-corrected chi connectivity index (χ4v) is 1.54. The Bertz CT molecular complexity index is 477. The maximum Gasteiger partial charge on any atom is 0.228 e. The van der Waals surface area contributed by atoms with Crippen LogP contribution < -0.4 is 15.4 Å². The van der Waals surface area contributed by atoms with E-state index in [1.165, 1.54) is 14.0 Å². The van der Waals surface area contributed by atoms with Gasteiger partial charge >= 0.3 is 0 Å². The second-order valence-corrected chi connectivity index (χ2v) is 4.45. The molecule has 0 aliphatic rings. The standard InChI is InChI=1S/C13H17ClN2O3/c1-8(7-14)13(18)16-10-4-5-11(15-9(2)17)12(6-10)19-3/h4-6,8H,7H2,1-3H3,(H,15,17)(H,16,18). The van der Waals surface area contributed by atoms with Crippen LogP contribution in [-0.2, 0) is 9.59 Å². The van der Waals surface area contributed by atoms with Crippen molar-refractivity contribution in [3.63, 3.8) is 0 Å². The van der Waals surface area contributed by atoms with E-state index in [1.807, 2.05) is 0 Å². The number of anilines is 2. The highest BCUT2D eigenvalue weighted by Crippen LogP contribution is 2.28. The highest BCUT2D eigenvalue weighted by atomic mass is 35.5. The first-order chi connectivity index (χ1) is 8.97. The fraction of sp³-hybridized carbons (Fsp3) is 0.385. The van der Waals surface area contributed by atoms with Gasteiger partial charge in [-0.1, -0.05) is 6.92 Å². The van der Waals surface area contributed by atoms with Gasteiger partial charge in [0.25, 0.3) is 0 Å². The molecule has 1 unspecified atom stereocenters. The number of methoxy groups -OCH3 is 1. The lowest BCUT2D eigenvalue weighted by Crippen LogP contribution is -2.21. The number of amides is 2. The smallest absolute Gasteiger partial charge is 0.228 e. The molecule has 0 saturated carbocycles. The highest BCUT2D eigenvalue weighted by Gasteiger charge is 2.13. The summed E-state index contributed by atoms with van der Waals surface area (Å²) in [4.78, 5) is 22.7. The van der Waals surface area contributed by atoms with Crippen LogP contribution in [-0.4, -0.2) is 24.8 Å². The van der Waals surface area contributed by atoms with Crippen molar-refractivity contribution >= 4 is 34.8 Å². The van der Waals surface area contributed by atoms with Crippen LogP contribution in [0.5, 0.6) is 5.75 Å². The van der Waals surface area contributed by atoms with Gasteiger partial charge in [-0.3, -0.25) is 9.59 Å². The zero-order valence-corrected chi connectivity index (χ0v) is 11.9. The van der Waals surface area contributed by atoms with Crippen LogP contribution in [0.1, 0.15) is 13.8 Å². The van der Waals surface area contributed by atoms with Gasteiger partial charge < -0.3 is 15.4 Å². The largest absolute Gasteiger partial charge is 0.494 e. The van der Waals surface area contributed by atoms with Crippen LogP contribution in [0.4, 0.5) is 11.4 Å². The molecule has 0 aliphatic heterocycles. The first kappa shape index (κ1) is 15.3. The van der Waals surface area contributed by atoms with E-state index in [0.29, 0.717) is 17.1 Å². The van der Waals surface area contributed by atoms with E-state index >= 15 is 0 Å². The molecule has 0 radical (unpaired) electrons. The van der Waals surface area contributed by atoms with E-state index in [1.54, 1.807) is 25.1 Å². The molecule has 0 bridgehead atoms. The average molecular weight is 285 g/mol. The SMILES string of the molecule is COc1cc(NC(=O)C(C)CCl)ccc1NC(C)=O. The van der Waals surface area contributed by atoms with Crippen LogP contribution in [0.2, 0.25) is 0 Å². The van der Waals surface area contributed by atoms with Gasteiger partial charge in [0.1, 0.15) is 5.75 Å². The van der Waals surface area contributed by atoms with E-state index in [-0.39, 0.29) is 23.6 Å². The van der Waals surface area contributed by atoms with E-state index in [2.05, 4.69) is 10.6 Å². The van der Waals surface area contributed by atoms with Crippen LogP contribution in [0, 0.1) is 5.92 Å². The Kier molecular flexibility index (Phi) is 5.63. The van der Waals surface area contributed by atoms with Crippen molar-refractivity contribution in [2.45, 2.75) is 13.8 Å². The summed E-state index contributed by atoms with van der Waals surface area (Å²) in [7, 11) is 1.49. The van der Waals surface area contributed by atoms with E-state index in [4.69, 9.17) is 16.3 Å². The number of benzene rings is 1. The van der Waals surface area contributed by atoms with Crippen LogP contribution in [0.25, 0.3) is 0 Å². The van der Waals surface area contributed by atoms with Gasteiger partial charge in [-0.25, -0.2) is 0 Å². The molecule has 5 nitrogen and oxygen atoms in total. The van der Waals surface area contributed by atoms with Crippen molar-refractivity contribution in [2.24, 2.45) is 5.92 Å². The lowest BCUT2D eigenvalue weighted by atomic mass is 10.2. The summed E-state index contributed by atoms with van der Waals surface area (Å²) in [5.41, 5.74) is 1.14. The molecule has 19 heavy (non-hydrogen) atoms. The van der Waals surface area contributed by atoms with Crippen LogP contribution in [0.15, 0.2) is 18.2 Å². The van der Waals surface area contributed by atoms with Crippen molar-refractivity contribution in [2.75, 3.05) is 23.6 Å². The second kappa shape index (κ2) is 6.99. The molecule has 2 N–H and O–H groups in total. The summed E-state index contributed by atoms with van der Waals surface area (Å²) in [6.45, 7) is 3.16. The summed E-state index contributed by atoms with van der Waals surface area (Å²) in [6.07, 6.45) is 0. The zero-order chi connectivity index (χ0) is 14.4. The molecule has 0 aromatic heterocycles. The van der Waals surface area contributed by atoms with Gasteiger partial charge in [-0.2, -0.15) is 0 Å². The predicted molar refractivity (Wildman–Crippen MR) is 75.8 cm³/mol. The van der Waals surface area contributed by atoms with Gasteiger partial charge in [0.05, 0.1) is 12.8 Å². The summed E-state index contributed by atoms with van der Waals surface area (Å²) in [5, 5.41) is 5.37. The summed E-state index contributed by atoms with van der Waals surface area (Å²) >= 11 is 5.62. The fourth-order valence-electron chi connectivity index (χ4n) is 1.40. The second-order valence-electron chi connectivity index (χ2n) is 4.14. The maximum atomic E-state index is 11.7. The molecule has 0 spiro atoms. The number of ether oxygens (including phenoxy) is 1. The Morgan fingerprint density at radius 2 is 2.05 bits per heavy atom. The topological polar surface area (TPSA) is 67.4 Å². The molecule has 0 fully saturated rings. The number of rotatable bonds is 5. The lowest BCUT2D eigenvalue weighted by molar-refractivity contribution is -0.118. The van der Waals surface area contributed by atoms with Gasteiger partial charge in [0.2, 0.25) is 11.8 Å². The number of alkyl halides is 1. The molecule has 0 heterocycles. The van der Waals surface area contributed by atoms with Crippen molar-refractivity contribution in [1.29, 1.82) is 0 Å². The number of halogens is 1. The molecule has 2 amide bonds. The van der Waals surface area contributed by atoms with Crippen LogP contribution >= 0.6 is 11.6 Å². The van der Waals surface area contributed by atoms with Crippen molar-refractivity contribution in [3.05, 3.63) is 18.2 Å². The van der Waals surface area contributed by atoms with Gasteiger partial charge in [0, 0.05) is 30.5 Å². The average Bonchev–Trinajstić information content (AvgIpc) is 2.38. The van der Waals surface area contributed by atoms with E-state index in [0.717, 1.165) is 0 Å². The van der Waals surface area contributed by atoms with E-state index in [9.17, 15) is 9.59 Å². The summed E-state index contributed by atoms with van der Waals surface area (Å²) < 4.78 is 5.16. The first-order valence-electron chi connectivity index (χ1n) is 5.80. The molecule has 104 valence electrons. The molecule has 6 heteroatoms. The summed E-state index contributed by atoms with van der Waals surface area (Å²) in [6, 6.07) is 5.00. The summed E-state index contributed by atoms with van der Waals surface area (Å²) in [5.74, 6) is 0.108. The third kappa shape index (κ3) is 4.44. The Morgan fingerprint density at radius 3 is 2.58 bits per heavy atom. The highest BCUT2D eigenvalue weighted by molar-refractivity contribution is 6.19. The number of hydrogen-bond donors (Lipinski definition) is 2. The number of carbonyl (C=O) groups is 2. The third-order valence-corrected chi connectivity index (χ3v) is 2.92. The minimum absolute atomic E-state index is 0.163. The Balaban J connectivity index is 2.87. The molecule has 1 aromatic rings. The quantitative estimate of drug-likeness (QED) is 0.816. The Labute approximate surface area is 117 Å². The van der Waals surface area contributed by atoms with Crippen molar-refractivity contribution in [3.8, 4) is 5.75 Å². The number of nitrogens with one attached hydrogen (secondary N) is 2. The molecule has 0 aliphatic carbocycles. The molecule has 1 aromatic carbocycles. The van der Waals surface area contributed by atoms with E-state index < -0.39 is 0 Å².